The maximum Gasteiger partial charge on any atom is 0.154 e. The molecule has 0 saturated heterocycles. The van der Waals surface area contributed by atoms with Crippen molar-refractivity contribution < 1.29 is 5.11 Å². The van der Waals surface area contributed by atoms with Crippen molar-refractivity contribution in [3.8, 4) is 0 Å². The largest absolute Gasteiger partial charge is 0.393 e. The lowest BCUT2D eigenvalue weighted by Crippen LogP contribution is -2.28. The van der Waals surface area contributed by atoms with E-state index in [4.69, 9.17) is 0 Å². The van der Waals surface area contributed by atoms with Gasteiger partial charge in [-0.1, -0.05) is 25.8 Å². The molecule has 0 amide bonds. The Morgan fingerprint density at radius 3 is 2.91 bits per heavy atom. The van der Waals surface area contributed by atoms with Gasteiger partial charge in [0.05, 0.1) is 18.0 Å². The minimum absolute atomic E-state index is 0.128. The summed E-state index contributed by atoms with van der Waals surface area (Å²) in [6.45, 7) is 2.20. The third kappa shape index (κ3) is 4.10. The number of aliphatic hydroxyl groups is 1. The molecule has 5 heteroatoms. The molecular weight excluding hydrogens is 288 g/mol. The van der Waals surface area contributed by atoms with E-state index in [2.05, 4.69) is 34.5 Å². The van der Waals surface area contributed by atoms with Crippen molar-refractivity contribution in [2.45, 2.75) is 64.0 Å². The van der Waals surface area contributed by atoms with E-state index in [-0.39, 0.29) is 6.10 Å². The van der Waals surface area contributed by atoms with E-state index >= 15 is 0 Å². The number of allylic oxidation sites excluding steroid dienone is 1. The van der Waals surface area contributed by atoms with Crippen LogP contribution in [0, 0.1) is 0 Å². The molecule has 1 saturated carbocycles. The standard InChI is InChI=1S/C18H26N4O/c1-2-3-4-5-6-15-13-19-18-12-11-17(21-22(15)18)20-14-7-9-16(23)10-8-14/h5-6,11-14,16,23H,2-4,7-10H2,1H3,(H,20,21)/b6-5+. The Hall–Kier alpha value is -1.88. The van der Waals surface area contributed by atoms with Gasteiger partial charge in [-0.15, -0.1) is 5.10 Å². The normalized spacial score (nSPS) is 22.0. The molecule has 23 heavy (non-hydrogen) atoms. The van der Waals surface area contributed by atoms with Crippen LogP contribution in [0.25, 0.3) is 11.7 Å². The van der Waals surface area contributed by atoms with E-state index in [1.54, 1.807) is 0 Å². The van der Waals surface area contributed by atoms with E-state index in [9.17, 15) is 5.11 Å². The molecule has 1 aliphatic rings. The average molecular weight is 314 g/mol. The van der Waals surface area contributed by atoms with Gasteiger partial charge in [0.2, 0.25) is 0 Å². The van der Waals surface area contributed by atoms with Crippen molar-refractivity contribution in [1.29, 1.82) is 0 Å². The van der Waals surface area contributed by atoms with E-state index in [0.717, 1.165) is 49.3 Å². The fourth-order valence-corrected chi connectivity index (χ4v) is 3.04. The van der Waals surface area contributed by atoms with Crippen LogP contribution in [0.1, 0.15) is 57.6 Å². The summed E-state index contributed by atoms with van der Waals surface area (Å²) in [5.41, 5.74) is 1.88. The molecule has 124 valence electrons. The Morgan fingerprint density at radius 1 is 1.30 bits per heavy atom. The predicted octanol–water partition coefficient (Wildman–Crippen LogP) is 3.65. The number of rotatable bonds is 6. The first-order valence-corrected chi connectivity index (χ1v) is 8.72. The monoisotopic (exact) mass is 314 g/mol. The molecule has 0 unspecified atom stereocenters. The number of anilines is 1. The van der Waals surface area contributed by atoms with Gasteiger partial charge < -0.3 is 10.4 Å². The Bertz CT molecular complexity index is 656. The van der Waals surface area contributed by atoms with Crippen LogP contribution in [0.3, 0.4) is 0 Å². The number of aromatic nitrogens is 3. The van der Waals surface area contributed by atoms with E-state index in [0.29, 0.717) is 6.04 Å². The van der Waals surface area contributed by atoms with Crippen LogP contribution in [-0.2, 0) is 0 Å². The molecule has 0 bridgehead atoms. The highest BCUT2D eigenvalue weighted by atomic mass is 16.3. The average Bonchev–Trinajstić information content (AvgIpc) is 2.96. The molecule has 0 aliphatic heterocycles. The molecule has 2 N–H and O–H groups in total. The summed E-state index contributed by atoms with van der Waals surface area (Å²) in [5.74, 6) is 0.875. The number of fused-ring (bicyclic) bond motifs is 1. The Balaban J connectivity index is 1.71. The quantitative estimate of drug-likeness (QED) is 0.799. The van der Waals surface area contributed by atoms with Crippen LogP contribution >= 0.6 is 0 Å². The van der Waals surface area contributed by atoms with Crippen LogP contribution in [-0.4, -0.2) is 31.9 Å². The van der Waals surface area contributed by atoms with E-state index in [1.807, 2.05) is 22.8 Å². The van der Waals surface area contributed by atoms with Crippen molar-refractivity contribution in [3.05, 3.63) is 30.1 Å². The van der Waals surface area contributed by atoms with Crippen molar-refractivity contribution in [1.82, 2.24) is 14.6 Å². The van der Waals surface area contributed by atoms with Crippen molar-refractivity contribution in [2.75, 3.05) is 5.32 Å². The molecule has 2 heterocycles. The first-order valence-electron chi connectivity index (χ1n) is 8.72. The third-order valence-electron chi connectivity index (χ3n) is 4.45. The highest BCUT2D eigenvalue weighted by Gasteiger charge is 2.19. The van der Waals surface area contributed by atoms with Gasteiger partial charge in [0, 0.05) is 6.04 Å². The Morgan fingerprint density at radius 2 is 2.13 bits per heavy atom. The number of nitrogens with one attached hydrogen (secondary N) is 1. The van der Waals surface area contributed by atoms with Gasteiger partial charge in [-0.05, 0) is 50.3 Å². The maximum atomic E-state index is 9.60. The van der Waals surface area contributed by atoms with Crippen LogP contribution < -0.4 is 5.32 Å². The minimum Gasteiger partial charge on any atom is -0.393 e. The van der Waals surface area contributed by atoms with Crippen LogP contribution in [0.15, 0.2) is 24.4 Å². The summed E-state index contributed by atoms with van der Waals surface area (Å²) in [7, 11) is 0. The molecule has 0 atom stereocenters. The lowest BCUT2D eigenvalue weighted by Gasteiger charge is -2.26. The Labute approximate surface area is 137 Å². The fourth-order valence-electron chi connectivity index (χ4n) is 3.04. The van der Waals surface area contributed by atoms with Gasteiger partial charge in [-0.25, -0.2) is 9.50 Å². The van der Waals surface area contributed by atoms with Gasteiger partial charge >= 0.3 is 0 Å². The smallest absolute Gasteiger partial charge is 0.154 e. The van der Waals surface area contributed by atoms with E-state index in [1.165, 1.54) is 12.8 Å². The molecule has 1 aliphatic carbocycles. The molecule has 2 aromatic rings. The lowest BCUT2D eigenvalue weighted by molar-refractivity contribution is 0.126. The van der Waals surface area contributed by atoms with Gasteiger partial charge in [0.15, 0.2) is 5.65 Å². The number of nitrogens with zero attached hydrogens (tertiary/aromatic N) is 3. The predicted molar refractivity (Wildman–Crippen MR) is 93.4 cm³/mol. The zero-order chi connectivity index (χ0) is 16.1. The van der Waals surface area contributed by atoms with Gasteiger partial charge in [0.25, 0.3) is 0 Å². The molecule has 5 nitrogen and oxygen atoms in total. The zero-order valence-corrected chi connectivity index (χ0v) is 13.8. The molecule has 1 fully saturated rings. The minimum atomic E-state index is -0.128. The molecule has 3 rings (SSSR count). The van der Waals surface area contributed by atoms with Gasteiger partial charge in [-0.3, -0.25) is 0 Å². The number of imidazole rings is 1. The number of hydrogen-bond acceptors (Lipinski definition) is 4. The second-order valence-corrected chi connectivity index (χ2v) is 6.37. The topological polar surface area (TPSA) is 62.5 Å². The summed E-state index contributed by atoms with van der Waals surface area (Å²) in [4.78, 5) is 4.40. The zero-order valence-electron chi connectivity index (χ0n) is 13.8. The summed E-state index contributed by atoms with van der Waals surface area (Å²) in [5, 5.41) is 17.8. The first-order chi connectivity index (χ1) is 11.3. The van der Waals surface area contributed by atoms with Crippen molar-refractivity contribution >= 4 is 17.5 Å². The summed E-state index contributed by atoms with van der Waals surface area (Å²) < 4.78 is 1.89. The van der Waals surface area contributed by atoms with Crippen molar-refractivity contribution in [2.24, 2.45) is 0 Å². The first kappa shape index (κ1) is 16.0. The highest BCUT2D eigenvalue weighted by molar-refractivity contribution is 5.53. The summed E-state index contributed by atoms with van der Waals surface area (Å²) in [6.07, 6.45) is 13.3. The van der Waals surface area contributed by atoms with E-state index < -0.39 is 0 Å². The van der Waals surface area contributed by atoms with Crippen LogP contribution in [0.4, 0.5) is 5.82 Å². The molecule has 2 aromatic heterocycles. The molecule has 0 spiro atoms. The maximum absolute atomic E-state index is 9.60. The summed E-state index contributed by atoms with van der Waals surface area (Å²) >= 11 is 0. The van der Waals surface area contributed by atoms with Crippen LogP contribution in [0.2, 0.25) is 0 Å². The second kappa shape index (κ2) is 7.59. The number of aliphatic hydroxyl groups excluding tert-OH is 1. The number of unbranched alkanes of at least 4 members (excludes halogenated alkanes) is 2. The molecular formula is C18H26N4O. The molecule has 0 radical (unpaired) electrons. The SMILES string of the molecule is CCCC/C=C/c1cnc2ccc(NC3CCC(O)CC3)nn12. The molecule has 0 aromatic carbocycles. The highest BCUT2D eigenvalue weighted by Crippen LogP contribution is 2.21. The van der Waals surface area contributed by atoms with Gasteiger partial charge in [0.1, 0.15) is 5.82 Å². The fraction of sp³-hybridized carbons (Fsp3) is 0.556. The van der Waals surface area contributed by atoms with Gasteiger partial charge in [-0.2, -0.15) is 0 Å². The third-order valence-corrected chi connectivity index (χ3v) is 4.45. The number of hydrogen-bond donors (Lipinski definition) is 2. The second-order valence-electron chi connectivity index (χ2n) is 6.37. The lowest BCUT2D eigenvalue weighted by atomic mass is 9.93. The Kier molecular flexibility index (Phi) is 5.28. The summed E-state index contributed by atoms with van der Waals surface area (Å²) in [6, 6.07) is 4.38. The van der Waals surface area contributed by atoms with Crippen molar-refractivity contribution in [3.63, 3.8) is 0 Å². The van der Waals surface area contributed by atoms with Crippen LogP contribution in [0.5, 0.6) is 0 Å².